The van der Waals surface area contributed by atoms with E-state index in [-0.39, 0.29) is 11.8 Å². The van der Waals surface area contributed by atoms with E-state index in [9.17, 15) is 5.11 Å². The Morgan fingerprint density at radius 3 is 3.17 bits per heavy atom. The Morgan fingerprint density at radius 1 is 1.39 bits per heavy atom. The molecule has 2 atom stereocenters. The molecule has 1 aromatic rings. The molecule has 98 valence electrons. The van der Waals surface area contributed by atoms with Gasteiger partial charge in [-0.3, -0.25) is 0 Å². The SMILES string of the molecule is Oc1ccc2c(c1)OCC2NCC1CSCCS1. The van der Waals surface area contributed by atoms with Crippen LogP contribution in [0.2, 0.25) is 0 Å². The Hall–Kier alpha value is -0.520. The molecule has 2 unspecified atom stereocenters. The molecular weight excluding hydrogens is 266 g/mol. The number of ether oxygens (including phenoxy) is 1. The quantitative estimate of drug-likeness (QED) is 0.890. The largest absolute Gasteiger partial charge is 0.508 e. The van der Waals surface area contributed by atoms with E-state index in [1.54, 1.807) is 12.1 Å². The van der Waals surface area contributed by atoms with E-state index in [2.05, 4.69) is 17.1 Å². The van der Waals surface area contributed by atoms with Gasteiger partial charge < -0.3 is 15.2 Å². The van der Waals surface area contributed by atoms with Crippen LogP contribution < -0.4 is 10.1 Å². The molecule has 0 aromatic heterocycles. The minimum Gasteiger partial charge on any atom is -0.508 e. The maximum Gasteiger partial charge on any atom is 0.127 e. The first-order chi connectivity index (χ1) is 8.83. The lowest BCUT2D eigenvalue weighted by atomic mass is 10.1. The minimum atomic E-state index is 0.271. The Labute approximate surface area is 116 Å². The van der Waals surface area contributed by atoms with Crippen LogP contribution in [-0.2, 0) is 0 Å². The molecule has 1 fully saturated rings. The number of phenolic OH excluding ortho intramolecular Hbond substituents is 1. The molecule has 1 aromatic carbocycles. The average Bonchev–Trinajstić information content (AvgIpc) is 2.80. The van der Waals surface area contributed by atoms with Gasteiger partial charge in [-0.2, -0.15) is 23.5 Å². The van der Waals surface area contributed by atoms with E-state index >= 15 is 0 Å². The summed E-state index contributed by atoms with van der Waals surface area (Å²) in [5, 5.41) is 13.7. The van der Waals surface area contributed by atoms with E-state index in [1.807, 2.05) is 17.8 Å². The molecule has 18 heavy (non-hydrogen) atoms. The van der Waals surface area contributed by atoms with Crippen LogP contribution in [0.5, 0.6) is 11.5 Å². The molecule has 0 bridgehead atoms. The van der Waals surface area contributed by atoms with Gasteiger partial charge in [-0.05, 0) is 12.1 Å². The van der Waals surface area contributed by atoms with Gasteiger partial charge in [0.15, 0.2) is 0 Å². The summed E-state index contributed by atoms with van der Waals surface area (Å²) in [6.07, 6.45) is 0. The zero-order valence-corrected chi connectivity index (χ0v) is 11.7. The van der Waals surface area contributed by atoms with E-state index in [0.717, 1.165) is 12.3 Å². The van der Waals surface area contributed by atoms with Gasteiger partial charge in [0.25, 0.3) is 0 Å². The molecular formula is C13H17NO2S2. The molecule has 0 aliphatic carbocycles. The predicted octanol–water partition coefficient (Wildman–Crippen LogP) is 2.26. The summed E-state index contributed by atoms with van der Waals surface area (Å²) in [5.74, 6) is 4.89. The van der Waals surface area contributed by atoms with Crippen LogP contribution in [0.3, 0.4) is 0 Å². The molecule has 3 nitrogen and oxygen atoms in total. The van der Waals surface area contributed by atoms with E-state index in [4.69, 9.17) is 4.74 Å². The van der Waals surface area contributed by atoms with Crippen LogP contribution in [0, 0.1) is 0 Å². The van der Waals surface area contributed by atoms with Gasteiger partial charge in [-0.15, -0.1) is 0 Å². The molecule has 5 heteroatoms. The summed E-state index contributed by atoms with van der Waals surface area (Å²) in [6, 6.07) is 5.65. The highest BCUT2D eigenvalue weighted by Gasteiger charge is 2.25. The van der Waals surface area contributed by atoms with Crippen LogP contribution in [0.4, 0.5) is 0 Å². The molecule has 2 aliphatic heterocycles. The highest BCUT2D eigenvalue weighted by molar-refractivity contribution is 8.06. The Morgan fingerprint density at radius 2 is 2.33 bits per heavy atom. The van der Waals surface area contributed by atoms with Crippen LogP contribution >= 0.6 is 23.5 Å². The average molecular weight is 283 g/mol. The number of phenols is 1. The topological polar surface area (TPSA) is 41.5 Å². The Kier molecular flexibility index (Phi) is 3.91. The molecule has 2 aliphatic rings. The van der Waals surface area contributed by atoms with Gasteiger partial charge in [0.2, 0.25) is 0 Å². The summed E-state index contributed by atoms with van der Waals surface area (Å²) in [4.78, 5) is 0. The van der Waals surface area contributed by atoms with Crippen LogP contribution in [0.25, 0.3) is 0 Å². The van der Waals surface area contributed by atoms with Crippen molar-refractivity contribution in [1.82, 2.24) is 5.32 Å². The van der Waals surface area contributed by atoms with E-state index in [0.29, 0.717) is 11.9 Å². The highest BCUT2D eigenvalue weighted by Crippen LogP contribution is 2.35. The molecule has 0 spiro atoms. The third-order valence-electron chi connectivity index (χ3n) is 3.25. The van der Waals surface area contributed by atoms with E-state index in [1.165, 1.54) is 22.8 Å². The summed E-state index contributed by atoms with van der Waals surface area (Å²) in [7, 11) is 0. The first kappa shape index (κ1) is 12.5. The summed E-state index contributed by atoms with van der Waals surface area (Å²) >= 11 is 4.11. The standard InChI is InChI=1S/C13H17NO2S2/c15-9-1-2-11-12(7-16-13(11)5-9)14-6-10-8-17-3-4-18-10/h1-2,5,10,12,14-15H,3-4,6-8H2. The zero-order valence-electron chi connectivity index (χ0n) is 10.1. The fraction of sp³-hybridized carbons (Fsp3) is 0.538. The van der Waals surface area contributed by atoms with Crippen LogP contribution in [-0.4, -0.2) is 40.8 Å². The third kappa shape index (κ3) is 2.73. The van der Waals surface area contributed by atoms with Crippen molar-refractivity contribution in [3.05, 3.63) is 23.8 Å². The summed E-state index contributed by atoms with van der Waals surface area (Å²) in [6.45, 7) is 1.70. The number of fused-ring (bicyclic) bond motifs is 1. The number of rotatable bonds is 3. The third-order valence-corrected chi connectivity index (χ3v) is 6.10. The number of nitrogens with one attached hydrogen (secondary N) is 1. The molecule has 2 heterocycles. The van der Waals surface area contributed by atoms with Crippen molar-refractivity contribution in [2.75, 3.05) is 30.4 Å². The van der Waals surface area contributed by atoms with Crippen LogP contribution in [0.1, 0.15) is 11.6 Å². The lowest BCUT2D eigenvalue weighted by molar-refractivity contribution is 0.311. The normalized spacial score (nSPS) is 26.7. The van der Waals surface area contributed by atoms with Crippen molar-refractivity contribution in [2.24, 2.45) is 0 Å². The first-order valence-corrected chi connectivity index (χ1v) is 8.42. The number of benzene rings is 1. The van der Waals surface area contributed by atoms with Gasteiger partial charge in [0, 0.05) is 40.7 Å². The molecule has 2 N–H and O–H groups in total. The Bertz CT molecular complexity index is 421. The number of hydrogen-bond acceptors (Lipinski definition) is 5. The molecule has 1 saturated heterocycles. The minimum absolute atomic E-state index is 0.271. The second kappa shape index (κ2) is 5.63. The summed E-state index contributed by atoms with van der Waals surface area (Å²) < 4.78 is 5.60. The van der Waals surface area contributed by atoms with Crippen molar-refractivity contribution >= 4 is 23.5 Å². The summed E-state index contributed by atoms with van der Waals surface area (Å²) in [5.41, 5.74) is 1.17. The first-order valence-electron chi connectivity index (χ1n) is 6.21. The van der Waals surface area contributed by atoms with E-state index < -0.39 is 0 Å². The van der Waals surface area contributed by atoms with Gasteiger partial charge >= 0.3 is 0 Å². The molecule has 3 rings (SSSR count). The van der Waals surface area contributed by atoms with Crippen molar-refractivity contribution in [3.63, 3.8) is 0 Å². The molecule has 0 saturated carbocycles. The fourth-order valence-corrected chi connectivity index (χ4v) is 4.92. The zero-order chi connectivity index (χ0) is 12.4. The van der Waals surface area contributed by atoms with Gasteiger partial charge in [0.1, 0.15) is 18.1 Å². The van der Waals surface area contributed by atoms with Crippen molar-refractivity contribution < 1.29 is 9.84 Å². The monoisotopic (exact) mass is 283 g/mol. The van der Waals surface area contributed by atoms with Crippen molar-refractivity contribution in [2.45, 2.75) is 11.3 Å². The van der Waals surface area contributed by atoms with Crippen LogP contribution in [0.15, 0.2) is 18.2 Å². The predicted molar refractivity (Wildman–Crippen MR) is 77.9 cm³/mol. The second-order valence-corrected chi connectivity index (χ2v) is 7.12. The maximum absolute atomic E-state index is 9.41. The van der Waals surface area contributed by atoms with Gasteiger partial charge in [0.05, 0.1) is 6.04 Å². The second-order valence-electron chi connectivity index (χ2n) is 4.56. The molecule has 0 radical (unpaired) electrons. The maximum atomic E-state index is 9.41. The van der Waals surface area contributed by atoms with Gasteiger partial charge in [-0.25, -0.2) is 0 Å². The van der Waals surface area contributed by atoms with Crippen molar-refractivity contribution in [1.29, 1.82) is 0 Å². The number of aromatic hydroxyl groups is 1. The van der Waals surface area contributed by atoms with Gasteiger partial charge in [-0.1, -0.05) is 0 Å². The Balaban J connectivity index is 1.59. The lowest BCUT2D eigenvalue weighted by Crippen LogP contribution is -2.32. The van der Waals surface area contributed by atoms with Crippen molar-refractivity contribution in [3.8, 4) is 11.5 Å². The fourth-order valence-electron chi connectivity index (χ4n) is 2.30. The lowest BCUT2D eigenvalue weighted by Gasteiger charge is -2.23. The smallest absolute Gasteiger partial charge is 0.127 e. The number of hydrogen-bond donors (Lipinski definition) is 2. The molecule has 0 amide bonds. The highest BCUT2D eigenvalue weighted by atomic mass is 32.2. The number of thioether (sulfide) groups is 2.